The third kappa shape index (κ3) is 4.59. The molecule has 1 saturated carbocycles. The summed E-state index contributed by atoms with van der Waals surface area (Å²) >= 11 is 0. The van der Waals surface area contributed by atoms with E-state index in [9.17, 15) is 13.2 Å². The molecule has 1 aliphatic carbocycles. The fourth-order valence-electron chi connectivity index (χ4n) is 3.74. The summed E-state index contributed by atoms with van der Waals surface area (Å²) in [5.74, 6) is 1.17. The molecule has 0 unspecified atom stereocenters. The minimum atomic E-state index is -3.16. The zero-order chi connectivity index (χ0) is 17.2. The Morgan fingerprint density at radius 1 is 1.13 bits per heavy atom. The van der Waals surface area contributed by atoms with E-state index in [-0.39, 0.29) is 18.1 Å². The Bertz CT molecular complexity index is 515. The van der Waals surface area contributed by atoms with Gasteiger partial charge in [0.2, 0.25) is 10.0 Å². The van der Waals surface area contributed by atoms with Gasteiger partial charge in [-0.15, -0.1) is 0 Å². The van der Waals surface area contributed by atoms with Crippen LogP contribution in [0.5, 0.6) is 0 Å². The molecule has 1 N–H and O–H groups in total. The first-order chi connectivity index (χ1) is 10.7. The number of carbonyl (C=O) groups excluding carboxylic acids is 1. The molecule has 3 atom stereocenters. The fourth-order valence-corrected chi connectivity index (χ4v) is 4.49. The Kier molecular flexibility index (Phi) is 5.94. The summed E-state index contributed by atoms with van der Waals surface area (Å²) in [7, 11) is -1.54. The summed E-state index contributed by atoms with van der Waals surface area (Å²) in [6.07, 6.45) is 6.12. The van der Waals surface area contributed by atoms with Crippen LogP contribution in [0.3, 0.4) is 0 Å². The summed E-state index contributed by atoms with van der Waals surface area (Å²) in [5.41, 5.74) is 0. The van der Waals surface area contributed by atoms with Gasteiger partial charge < -0.3 is 10.2 Å². The Morgan fingerprint density at radius 2 is 1.74 bits per heavy atom. The fraction of sp³-hybridized carbons (Fsp3) is 0.938. The van der Waals surface area contributed by atoms with Gasteiger partial charge >= 0.3 is 6.03 Å². The Morgan fingerprint density at radius 3 is 2.30 bits per heavy atom. The lowest BCUT2D eigenvalue weighted by Gasteiger charge is -2.39. The summed E-state index contributed by atoms with van der Waals surface area (Å²) < 4.78 is 24.7. The number of likely N-dealkylation sites (tertiary alicyclic amines) is 1. The zero-order valence-corrected chi connectivity index (χ0v) is 15.6. The maximum atomic E-state index is 12.5. The number of amides is 2. The minimum absolute atomic E-state index is 0.00248. The number of rotatable bonds is 3. The van der Waals surface area contributed by atoms with Crippen LogP contribution in [0.15, 0.2) is 0 Å². The molecular formula is C16H31N3O3S. The molecule has 134 valence electrons. The van der Waals surface area contributed by atoms with Crippen LogP contribution in [0, 0.1) is 11.8 Å². The van der Waals surface area contributed by atoms with Crippen molar-refractivity contribution >= 4 is 16.1 Å². The van der Waals surface area contributed by atoms with E-state index in [1.165, 1.54) is 23.4 Å². The van der Waals surface area contributed by atoms with Crippen LogP contribution in [0.2, 0.25) is 0 Å². The summed E-state index contributed by atoms with van der Waals surface area (Å²) in [6, 6.07) is 0.279. The lowest BCUT2D eigenvalue weighted by atomic mass is 9.78. The van der Waals surface area contributed by atoms with Gasteiger partial charge in [-0.05, 0) is 31.1 Å². The molecule has 2 aliphatic rings. The largest absolute Gasteiger partial charge is 0.335 e. The highest BCUT2D eigenvalue weighted by Crippen LogP contribution is 2.29. The number of urea groups is 1. The van der Waals surface area contributed by atoms with E-state index in [2.05, 4.69) is 19.2 Å². The lowest BCUT2D eigenvalue weighted by molar-refractivity contribution is 0.146. The number of carbonyl (C=O) groups is 1. The van der Waals surface area contributed by atoms with E-state index in [0.29, 0.717) is 37.8 Å². The third-order valence-electron chi connectivity index (χ3n) is 5.80. The van der Waals surface area contributed by atoms with Crippen LogP contribution in [0.1, 0.15) is 46.0 Å². The van der Waals surface area contributed by atoms with Gasteiger partial charge in [0, 0.05) is 32.2 Å². The van der Waals surface area contributed by atoms with Gasteiger partial charge in [0.15, 0.2) is 0 Å². The predicted molar refractivity (Wildman–Crippen MR) is 91.7 cm³/mol. The first-order valence-corrected chi connectivity index (χ1v) is 10.5. The number of hydrogen-bond donors (Lipinski definition) is 1. The van der Waals surface area contributed by atoms with Crippen molar-refractivity contribution in [1.29, 1.82) is 0 Å². The zero-order valence-electron chi connectivity index (χ0n) is 14.8. The highest BCUT2D eigenvalue weighted by molar-refractivity contribution is 7.88. The van der Waals surface area contributed by atoms with E-state index in [4.69, 9.17) is 0 Å². The normalized spacial score (nSPS) is 30.5. The number of hydrogen-bond acceptors (Lipinski definition) is 3. The number of sulfonamides is 1. The van der Waals surface area contributed by atoms with Crippen molar-refractivity contribution in [2.45, 2.75) is 58.0 Å². The van der Waals surface area contributed by atoms with Gasteiger partial charge in [0.1, 0.15) is 0 Å². The maximum absolute atomic E-state index is 12.5. The first-order valence-electron chi connectivity index (χ1n) is 8.68. The summed E-state index contributed by atoms with van der Waals surface area (Å²) in [4.78, 5) is 14.3. The maximum Gasteiger partial charge on any atom is 0.317 e. The monoisotopic (exact) mass is 345 g/mol. The van der Waals surface area contributed by atoms with Crippen LogP contribution in [-0.4, -0.2) is 62.1 Å². The van der Waals surface area contributed by atoms with Gasteiger partial charge in [-0.2, -0.15) is 0 Å². The minimum Gasteiger partial charge on any atom is -0.335 e. The molecule has 2 amide bonds. The number of nitrogens with zero attached hydrogens (tertiary/aromatic N) is 2. The van der Waals surface area contributed by atoms with Crippen LogP contribution in [0.25, 0.3) is 0 Å². The standard InChI is InChI=1S/C16H31N3O3S/c1-12-6-5-7-15(13(12)2)17-16(20)19-10-8-14(9-11-19)18(3)23(4,21)22/h12-15H,5-11H2,1-4H3,(H,17,20)/t12-,13-,15+/m1/s1. The van der Waals surface area contributed by atoms with Crippen molar-refractivity contribution in [1.82, 2.24) is 14.5 Å². The Balaban J connectivity index is 1.84. The Labute approximate surface area is 140 Å². The first kappa shape index (κ1) is 18.5. The smallest absolute Gasteiger partial charge is 0.317 e. The van der Waals surface area contributed by atoms with E-state index < -0.39 is 10.0 Å². The van der Waals surface area contributed by atoms with Gasteiger partial charge in [0.25, 0.3) is 0 Å². The van der Waals surface area contributed by atoms with Crippen molar-refractivity contribution in [3.8, 4) is 0 Å². The van der Waals surface area contributed by atoms with Crippen molar-refractivity contribution in [3.63, 3.8) is 0 Å². The third-order valence-corrected chi connectivity index (χ3v) is 7.15. The van der Waals surface area contributed by atoms with E-state index in [1.807, 2.05) is 4.90 Å². The molecule has 0 bridgehead atoms. The molecular weight excluding hydrogens is 314 g/mol. The average Bonchev–Trinajstić information content (AvgIpc) is 2.50. The molecule has 0 spiro atoms. The molecule has 1 heterocycles. The molecule has 2 fully saturated rings. The van der Waals surface area contributed by atoms with Gasteiger partial charge in [-0.3, -0.25) is 0 Å². The van der Waals surface area contributed by atoms with Crippen LogP contribution < -0.4 is 5.32 Å². The molecule has 2 rings (SSSR count). The quantitative estimate of drug-likeness (QED) is 0.849. The molecule has 0 aromatic rings. The molecule has 23 heavy (non-hydrogen) atoms. The number of nitrogens with one attached hydrogen (secondary N) is 1. The van der Waals surface area contributed by atoms with Gasteiger partial charge in [0.05, 0.1) is 6.26 Å². The van der Waals surface area contributed by atoms with Crippen LogP contribution in [-0.2, 0) is 10.0 Å². The van der Waals surface area contributed by atoms with E-state index in [0.717, 1.165) is 6.42 Å². The van der Waals surface area contributed by atoms with Crippen molar-refractivity contribution in [2.24, 2.45) is 11.8 Å². The molecule has 0 aromatic heterocycles. The highest BCUT2D eigenvalue weighted by Gasteiger charge is 2.32. The lowest BCUT2D eigenvalue weighted by Crippen LogP contribution is -2.53. The topological polar surface area (TPSA) is 69.7 Å². The van der Waals surface area contributed by atoms with Crippen molar-refractivity contribution < 1.29 is 13.2 Å². The molecule has 1 aliphatic heterocycles. The summed E-state index contributed by atoms with van der Waals surface area (Å²) in [6.45, 7) is 5.72. The van der Waals surface area contributed by atoms with E-state index in [1.54, 1.807) is 7.05 Å². The molecule has 0 radical (unpaired) electrons. The van der Waals surface area contributed by atoms with Crippen molar-refractivity contribution in [3.05, 3.63) is 0 Å². The SMILES string of the molecule is C[C@@H]1[C@H](C)CCC[C@@H]1NC(=O)N1CCC(N(C)S(C)(=O)=O)CC1. The second kappa shape index (κ2) is 7.38. The van der Waals surface area contributed by atoms with Crippen LogP contribution in [0.4, 0.5) is 4.79 Å². The second-order valence-electron chi connectivity index (χ2n) is 7.32. The van der Waals surface area contributed by atoms with Crippen molar-refractivity contribution in [2.75, 3.05) is 26.4 Å². The molecule has 0 aromatic carbocycles. The summed E-state index contributed by atoms with van der Waals surface area (Å²) in [5, 5.41) is 3.20. The van der Waals surface area contributed by atoms with Gasteiger partial charge in [-0.25, -0.2) is 17.5 Å². The highest BCUT2D eigenvalue weighted by atomic mass is 32.2. The number of piperidine rings is 1. The van der Waals surface area contributed by atoms with Crippen LogP contribution >= 0.6 is 0 Å². The predicted octanol–water partition coefficient (Wildman–Crippen LogP) is 1.88. The van der Waals surface area contributed by atoms with E-state index >= 15 is 0 Å². The average molecular weight is 346 g/mol. The molecule has 7 heteroatoms. The molecule has 1 saturated heterocycles. The Hall–Kier alpha value is -0.820. The second-order valence-corrected chi connectivity index (χ2v) is 9.36. The molecule has 6 nitrogen and oxygen atoms in total. The van der Waals surface area contributed by atoms with Gasteiger partial charge in [-0.1, -0.05) is 26.7 Å².